The molecule has 5 nitrogen and oxygen atoms in total. The van der Waals surface area contributed by atoms with Crippen molar-refractivity contribution in [3.63, 3.8) is 0 Å². The SMILES string of the molecule is Nc1csc(NN=Cc2ccc(OC3CCCC3)cc2)n1. The van der Waals surface area contributed by atoms with Gasteiger partial charge in [0.15, 0.2) is 0 Å². The molecule has 0 radical (unpaired) electrons. The molecule has 0 amide bonds. The highest BCUT2D eigenvalue weighted by molar-refractivity contribution is 7.14. The lowest BCUT2D eigenvalue weighted by molar-refractivity contribution is 0.210. The highest BCUT2D eigenvalue weighted by atomic mass is 32.1. The molecular formula is C15H18N4OS. The van der Waals surface area contributed by atoms with E-state index in [0.29, 0.717) is 17.1 Å². The smallest absolute Gasteiger partial charge is 0.205 e. The second-order valence-electron chi connectivity index (χ2n) is 5.04. The second kappa shape index (κ2) is 6.58. The monoisotopic (exact) mass is 302 g/mol. The Morgan fingerprint density at radius 3 is 2.71 bits per heavy atom. The van der Waals surface area contributed by atoms with Crippen molar-refractivity contribution in [2.75, 3.05) is 11.2 Å². The number of nitrogens with two attached hydrogens (primary N) is 1. The van der Waals surface area contributed by atoms with Crippen molar-refractivity contribution in [1.82, 2.24) is 4.98 Å². The van der Waals surface area contributed by atoms with E-state index in [4.69, 9.17) is 10.5 Å². The molecule has 1 aliphatic rings. The zero-order chi connectivity index (χ0) is 14.5. The molecule has 0 saturated heterocycles. The molecule has 0 spiro atoms. The van der Waals surface area contributed by atoms with Crippen molar-refractivity contribution in [1.29, 1.82) is 0 Å². The van der Waals surface area contributed by atoms with Gasteiger partial charge in [-0.15, -0.1) is 11.3 Å². The van der Waals surface area contributed by atoms with Gasteiger partial charge < -0.3 is 10.5 Å². The summed E-state index contributed by atoms with van der Waals surface area (Å²) in [6.45, 7) is 0. The first-order chi connectivity index (χ1) is 10.3. The van der Waals surface area contributed by atoms with Crippen molar-refractivity contribution >= 4 is 28.5 Å². The molecule has 6 heteroatoms. The Labute approximate surface area is 127 Å². The van der Waals surface area contributed by atoms with E-state index in [1.807, 2.05) is 24.3 Å². The van der Waals surface area contributed by atoms with Crippen LogP contribution in [0.3, 0.4) is 0 Å². The summed E-state index contributed by atoms with van der Waals surface area (Å²) in [5.41, 5.74) is 9.40. The molecule has 110 valence electrons. The van der Waals surface area contributed by atoms with E-state index in [1.54, 1.807) is 11.6 Å². The van der Waals surface area contributed by atoms with E-state index in [2.05, 4.69) is 15.5 Å². The molecule has 1 aromatic heterocycles. The summed E-state index contributed by atoms with van der Waals surface area (Å²) in [5.74, 6) is 1.44. The van der Waals surface area contributed by atoms with Crippen LogP contribution in [0.5, 0.6) is 5.75 Å². The van der Waals surface area contributed by atoms with E-state index in [0.717, 1.165) is 11.3 Å². The minimum atomic E-state index is 0.390. The zero-order valence-electron chi connectivity index (χ0n) is 11.7. The molecule has 2 aromatic rings. The Morgan fingerprint density at radius 2 is 2.05 bits per heavy atom. The molecule has 3 N–H and O–H groups in total. The van der Waals surface area contributed by atoms with Gasteiger partial charge in [-0.25, -0.2) is 4.98 Å². The fourth-order valence-electron chi connectivity index (χ4n) is 2.33. The van der Waals surface area contributed by atoms with Gasteiger partial charge in [0.1, 0.15) is 11.6 Å². The molecule has 0 bridgehead atoms. The zero-order valence-corrected chi connectivity index (χ0v) is 12.5. The van der Waals surface area contributed by atoms with E-state index in [1.165, 1.54) is 37.0 Å². The molecule has 1 saturated carbocycles. The standard InChI is InChI=1S/C15H18N4OS/c16-14-10-21-15(18-14)19-17-9-11-5-7-13(8-6-11)20-12-3-1-2-4-12/h5-10,12H,1-4,16H2,(H,18,19). The number of nitrogen functional groups attached to an aromatic ring is 1. The molecule has 1 aromatic carbocycles. The number of aromatic nitrogens is 1. The van der Waals surface area contributed by atoms with Crippen LogP contribution in [0, 0.1) is 0 Å². The lowest BCUT2D eigenvalue weighted by atomic mass is 10.2. The molecule has 21 heavy (non-hydrogen) atoms. The van der Waals surface area contributed by atoms with Crippen molar-refractivity contribution in [3.8, 4) is 5.75 Å². The Balaban J connectivity index is 1.53. The summed E-state index contributed by atoms with van der Waals surface area (Å²) in [6.07, 6.45) is 7.04. The third-order valence-corrected chi connectivity index (χ3v) is 4.15. The third-order valence-electron chi connectivity index (χ3n) is 3.38. The molecule has 3 rings (SSSR count). The van der Waals surface area contributed by atoms with Crippen LogP contribution >= 0.6 is 11.3 Å². The number of benzene rings is 1. The summed E-state index contributed by atoms with van der Waals surface area (Å²) < 4.78 is 5.92. The third kappa shape index (κ3) is 3.95. The van der Waals surface area contributed by atoms with Crippen LogP contribution in [0.15, 0.2) is 34.7 Å². The number of nitrogens with zero attached hydrogens (tertiary/aromatic N) is 2. The van der Waals surface area contributed by atoms with Gasteiger partial charge in [0.25, 0.3) is 0 Å². The number of hydrogen-bond acceptors (Lipinski definition) is 6. The van der Waals surface area contributed by atoms with Gasteiger partial charge in [-0.1, -0.05) is 0 Å². The number of thiazole rings is 1. The van der Waals surface area contributed by atoms with Gasteiger partial charge in [0.05, 0.1) is 12.3 Å². The highest BCUT2D eigenvalue weighted by Gasteiger charge is 2.16. The van der Waals surface area contributed by atoms with Crippen LogP contribution in [-0.2, 0) is 0 Å². The average Bonchev–Trinajstić information content (AvgIpc) is 3.13. The lowest BCUT2D eigenvalue weighted by Gasteiger charge is -2.12. The van der Waals surface area contributed by atoms with Gasteiger partial charge in [-0.2, -0.15) is 5.10 Å². The van der Waals surface area contributed by atoms with Crippen LogP contribution in [-0.4, -0.2) is 17.3 Å². The van der Waals surface area contributed by atoms with Gasteiger partial charge in [0, 0.05) is 5.38 Å². The lowest BCUT2D eigenvalue weighted by Crippen LogP contribution is -2.10. The number of hydrazone groups is 1. The minimum absolute atomic E-state index is 0.390. The van der Waals surface area contributed by atoms with E-state index in [-0.39, 0.29) is 0 Å². The Bertz CT molecular complexity index is 602. The molecule has 1 heterocycles. The van der Waals surface area contributed by atoms with E-state index >= 15 is 0 Å². The maximum Gasteiger partial charge on any atom is 0.205 e. The first-order valence-corrected chi connectivity index (χ1v) is 7.94. The number of anilines is 2. The topological polar surface area (TPSA) is 72.5 Å². The second-order valence-corrected chi connectivity index (χ2v) is 5.90. The fourth-order valence-corrected chi connectivity index (χ4v) is 2.88. The van der Waals surface area contributed by atoms with Gasteiger partial charge in [0.2, 0.25) is 5.13 Å². The first kappa shape index (κ1) is 13.9. The maximum absolute atomic E-state index is 5.92. The summed E-state index contributed by atoms with van der Waals surface area (Å²) in [5, 5.41) is 6.59. The molecular weight excluding hydrogens is 284 g/mol. The van der Waals surface area contributed by atoms with Crippen molar-refractivity contribution < 1.29 is 4.74 Å². The number of hydrogen-bond donors (Lipinski definition) is 2. The fraction of sp³-hybridized carbons (Fsp3) is 0.333. The van der Waals surface area contributed by atoms with Crippen molar-refractivity contribution in [3.05, 3.63) is 35.2 Å². The van der Waals surface area contributed by atoms with Gasteiger partial charge in [-0.3, -0.25) is 5.43 Å². The molecule has 0 atom stereocenters. The molecule has 0 aliphatic heterocycles. The normalized spacial score (nSPS) is 15.6. The van der Waals surface area contributed by atoms with Crippen LogP contribution in [0.2, 0.25) is 0 Å². The van der Waals surface area contributed by atoms with Crippen LogP contribution in [0.25, 0.3) is 0 Å². The average molecular weight is 302 g/mol. The van der Waals surface area contributed by atoms with Crippen LogP contribution in [0.4, 0.5) is 10.9 Å². The molecule has 1 aliphatic carbocycles. The summed E-state index contributed by atoms with van der Waals surface area (Å²) in [4.78, 5) is 4.06. The Hall–Kier alpha value is -2.08. The highest BCUT2D eigenvalue weighted by Crippen LogP contribution is 2.24. The Kier molecular flexibility index (Phi) is 4.35. The van der Waals surface area contributed by atoms with E-state index < -0.39 is 0 Å². The van der Waals surface area contributed by atoms with Crippen molar-refractivity contribution in [2.24, 2.45) is 5.10 Å². The predicted molar refractivity (Wildman–Crippen MR) is 87.1 cm³/mol. The Morgan fingerprint density at radius 1 is 1.29 bits per heavy atom. The summed E-state index contributed by atoms with van der Waals surface area (Å²) in [6, 6.07) is 7.96. The number of ether oxygens (including phenoxy) is 1. The van der Waals surface area contributed by atoms with E-state index in [9.17, 15) is 0 Å². The van der Waals surface area contributed by atoms with Gasteiger partial charge >= 0.3 is 0 Å². The largest absolute Gasteiger partial charge is 0.490 e. The van der Waals surface area contributed by atoms with Gasteiger partial charge in [-0.05, 0) is 55.5 Å². The molecule has 0 unspecified atom stereocenters. The quantitative estimate of drug-likeness (QED) is 0.655. The van der Waals surface area contributed by atoms with Crippen LogP contribution in [0.1, 0.15) is 31.2 Å². The maximum atomic E-state index is 5.92. The minimum Gasteiger partial charge on any atom is -0.490 e. The summed E-state index contributed by atoms with van der Waals surface area (Å²) >= 11 is 1.42. The first-order valence-electron chi connectivity index (χ1n) is 7.06. The number of nitrogens with one attached hydrogen (secondary N) is 1. The summed E-state index contributed by atoms with van der Waals surface area (Å²) in [7, 11) is 0. The predicted octanol–water partition coefficient (Wildman–Crippen LogP) is 3.49. The van der Waals surface area contributed by atoms with Crippen molar-refractivity contribution in [2.45, 2.75) is 31.8 Å². The molecule has 1 fully saturated rings. The van der Waals surface area contributed by atoms with Crippen LogP contribution < -0.4 is 15.9 Å². The number of rotatable bonds is 5.